The molecule has 0 spiro atoms. The van der Waals surface area contributed by atoms with Gasteiger partial charge in [0.05, 0.1) is 13.2 Å². The van der Waals surface area contributed by atoms with Gasteiger partial charge in [-0.25, -0.2) is 14.5 Å². The van der Waals surface area contributed by atoms with Gasteiger partial charge in [0.1, 0.15) is 5.52 Å². The molecule has 0 unspecified atom stereocenters. The molecule has 0 amide bonds. The van der Waals surface area contributed by atoms with Gasteiger partial charge in [-0.15, -0.1) is 18.3 Å². The summed E-state index contributed by atoms with van der Waals surface area (Å²) < 4.78 is 50.4. The van der Waals surface area contributed by atoms with Crippen LogP contribution in [0.2, 0.25) is 0 Å². The van der Waals surface area contributed by atoms with Gasteiger partial charge in [-0.3, -0.25) is 9.14 Å². The number of alkyl halides is 3. The summed E-state index contributed by atoms with van der Waals surface area (Å²) in [7, 11) is 1.53. The van der Waals surface area contributed by atoms with Crippen molar-refractivity contribution in [2.45, 2.75) is 44.2 Å². The van der Waals surface area contributed by atoms with Crippen LogP contribution in [0.5, 0.6) is 5.88 Å². The highest BCUT2D eigenvalue weighted by Crippen LogP contribution is 2.32. The van der Waals surface area contributed by atoms with E-state index < -0.39 is 12.5 Å². The van der Waals surface area contributed by atoms with E-state index in [2.05, 4.69) is 30.1 Å². The SMILES string of the molecule is COc1nc(NC2CCC(OC(F)(F)F)CC2)nn2ccc(-c3cnc4nccn4c3)c12. The Hall–Kier alpha value is -3.41. The minimum Gasteiger partial charge on any atom is -0.479 e. The standard InChI is InChI=1S/C20H20F3N7O2/c1-31-17-16-15(12-10-25-19-24-7-9-29(19)11-12)6-8-30(16)28-18(27-17)26-13-2-4-14(5-3-13)32-20(21,22)23/h6-11,13-14H,2-5H2,1H3,(H,26,28). The normalized spacial score (nSPS) is 19.5. The first kappa shape index (κ1) is 20.5. The molecular formula is C20H20F3N7O2. The monoisotopic (exact) mass is 447 g/mol. The van der Waals surface area contributed by atoms with Gasteiger partial charge in [-0.05, 0) is 31.7 Å². The van der Waals surface area contributed by atoms with Crippen LogP contribution in [0.1, 0.15) is 25.7 Å². The Morgan fingerprint density at radius 3 is 2.69 bits per heavy atom. The Morgan fingerprint density at radius 1 is 1.12 bits per heavy atom. The van der Waals surface area contributed by atoms with Crippen LogP contribution < -0.4 is 10.1 Å². The number of nitrogens with one attached hydrogen (secondary N) is 1. The first-order chi connectivity index (χ1) is 15.4. The predicted octanol–water partition coefficient (Wildman–Crippen LogP) is 3.71. The molecule has 0 radical (unpaired) electrons. The molecule has 0 aliphatic heterocycles. The van der Waals surface area contributed by atoms with Gasteiger partial charge in [0.2, 0.25) is 17.6 Å². The van der Waals surface area contributed by atoms with Crippen molar-refractivity contribution >= 4 is 17.2 Å². The molecule has 5 rings (SSSR count). The lowest BCUT2D eigenvalue weighted by Gasteiger charge is -2.29. The third kappa shape index (κ3) is 4.05. The Bertz CT molecular complexity index is 1250. The van der Waals surface area contributed by atoms with E-state index in [1.165, 1.54) is 7.11 Å². The fraction of sp³-hybridized carbons (Fsp3) is 0.400. The first-order valence-corrected chi connectivity index (χ1v) is 10.1. The maximum Gasteiger partial charge on any atom is 0.522 e. The van der Waals surface area contributed by atoms with E-state index in [1.807, 2.05) is 22.9 Å². The van der Waals surface area contributed by atoms with Crippen molar-refractivity contribution in [2.75, 3.05) is 12.4 Å². The van der Waals surface area contributed by atoms with Crippen molar-refractivity contribution < 1.29 is 22.6 Å². The maximum atomic E-state index is 12.4. The number of hydrogen-bond acceptors (Lipinski definition) is 7. The summed E-state index contributed by atoms with van der Waals surface area (Å²) in [4.78, 5) is 13.0. The number of ether oxygens (including phenoxy) is 2. The molecular weight excluding hydrogens is 427 g/mol. The molecule has 32 heavy (non-hydrogen) atoms. The Kier molecular flexibility index (Phi) is 5.08. The molecule has 4 heterocycles. The topological polar surface area (TPSA) is 90.9 Å². The van der Waals surface area contributed by atoms with Crippen molar-refractivity contribution in [3.05, 3.63) is 37.1 Å². The molecule has 1 N–H and O–H groups in total. The molecule has 0 saturated heterocycles. The number of hydrogen-bond donors (Lipinski definition) is 1. The van der Waals surface area contributed by atoms with Crippen molar-refractivity contribution in [1.82, 2.24) is 29.0 Å². The van der Waals surface area contributed by atoms with Gasteiger partial charge in [0.25, 0.3) is 0 Å². The Labute approximate surface area is 180 Å². The number of halogens is 3. The second-order valence-electron chi connectivity index (χ2n) is 7.63. The molecule has 0 aromatic carbocycles. The van der Waals surface area contributed by atoms with Crippen LogP contribution in [-0.4, -0.2) is 54.6 Å². The van der Waals surface area contributed by atoms with Crippen molar-refractivity contribution in [1.29, 1.82) is 0 Å². The number of rotatable bonds is 5. The summed E-state index contributed by atoms with van der Waals surface area (Å²) in [5.41, 5.74) is 2.38. The molecule has 12 heteroatoms. The van der Waals surface area contributed by atoms with Crippen LogP contribution in [0.25, 0.3) is 22.4 Å². The third-order valence-corrected chi connectivity index (χ3v) is 5.54. The highest BCUT2D eigenvalue weighted by Gasteiger charge is 2.35. The summed E-state index contributed by atoms with van der Waals surface area (Å²) >= 11 is 0. The fourth-order valence-corrected chi connectivity index (χ4v) is 4.08. The predicted molar refractivity (Wildman–Crippen MR) is 108 cm³/mol. The van der Waals surface area contributed by atoms with Crippen LogP contribution in [-0.2, 0) is 4.74 Å². The summed E-state index contributed by atoms with van der Waals surface area (Å²) in [6, 6.07) is 1.85. The second-order valence-corrected chi connectivity index (χ2v) is 7.63. The number of fused-ring (bicyclic) bond motifs is 2. The van der Waals surface area contributed by atoms with Gasteiger partial charge in [-0.1, -0.05) is 0 Å². The zero-order valence-electron chi connectivity index (χ0n) is 17.1. The number of anilines is 1. The molecule has 1 aliphatic rings. The molecule has 4 aromatic rings. The highest BCUT2D eigenvalue weighted by atomic mass is 19.4. The van der Waals surface area contributed by atoms with E-state index in [9.17, 15) is 13.2 Å². The van der Waals surface area contributed by atoms with Gasteiger partial charge in [-0.2, -0.15) is 4.98 Å². The maximum absolute atomic E-state index is 12.4. The Morgan fingerprint density at radius 2 is 1.94 bits per heavy atom. The third-order valence-electron chi connectivity index (χ3n) is 5.54. The van der Waals surface area contributed by atoms with E-state index in [0.717, 1.165) is 11.1 Å². The lowest BCUT2D eigenvalue weighted by Crippen LogP contribution is -2.33. The van der Waals surface area contributed by atoms with Crippen LogP contribution in [0.3, 0.4) is 0 Å². The van der Waals surface area contributed by atoms with Crippen molar-refractivity contribution in [3.8, 4) is 17.0 Å². The quantitative estimate of drug-likeness (QED) is 0.499. The van der Waals surface area contributed by atoms with E-state index >= 15 is 0 Å². The summed E-state index contributed by atoms with van der Waals surface area (Å²) in [5.74, 6) is 1.32. The van der Waals surface area contributed by atoms with Gasteiger partial charge < -0.3 is 10.1 Å². The number of aromatic nitrogens is 6. The molecule has 0 atom stereocenters. The minimum atomic E-state index is -4.60. The molecule has 1 fully saturated rings. The Balaban J connectivity index is 1.37. The van der Waals surface area contributed by atoms with Crippen LogP contribution in [0.15, 0.2) is 37.1 Å². The zero-order valence-corrected chi connectivity index (χ0v) is 17.1. The smallest absolute Gasteiger partial charge is 0.479 e. The van der Waals surface area contributed by atoms with Crippen LogP contribution in [0.4, 0.5) is 19.1 Å². The van der Waals surface area contributed by atoms with Crippen molar-refractivity contribution in [2.24, 2.45) is 0 Å². The summed E-state index contributed by atoms with van der Waals surface area (Å²) in [5, 5.41) is 7.73. The number of nitrogens with zero attached hydrogens (tertiary/aromatic N) is 6. The molecule has 168 valence electrons. The summed E-state index contributed by atoms with van der Waals surface area (Å²) in [6.07, 6.45) is 5.20. The average Bonchev–Trinajstić information content (AvgIpc) is 3.40. The van der Waals surface area contributed by atoms with E-state index in [-0.39, 0.29) is 6.04 Å². The van der Waals surface area contributed by atoms with Crippen LogP contribution in [0, 0.1) is 0 Å². The second kappa shape index (κ2) is 7.93. The molecule has 1 aliphatic carbocycles. The first-order valence-electron chi connectivity index (χ1n) is 10.1. The van der Waals surface area contributed by atoms with Crippen LogP contribution >= 0.6 is 0 Å². The average molecular weight is 447 g/mol. The molecule has 1 saturated carbocycles. The van der Waals surface area contributed by atoms with Crippen molar-refractivity contribution in [3.63, 3.8) is 0 Å². The van der Waals surface area contributed by atoms with E-state index in [4.69, 9.17) is 4.74 Å². The molecule has 0 bridgehead atoms. The number of imidazole rings is 1. The molecule has 9 nitrogen and oxygen atoms in total. The highest BCUT2D eigenvalue weighted by molar-refractivity contribution is 5.84. The van der Waals surface area contributed by atoms with Gasteiger partial charge in [0.15, 0.2) is 0 Å². The molecule has 4 aromatic heterocycles. The van der Waals surface area contributed by atoms with E-state index in [1.54, 1.807) is 23.1 Å². The summed E-state index contributed by atoms with van der Waals surface area (Å²) in [6.45, 7) is 0. The fourth-order valence-electron chi connectivity index (χ4n) is 4.08. The van der Waals surface area contributed by atoms with E-state index in [0.29, 0.717) is 48.8 Å². The largest absolute Gasteiger partial charge is 0.522 e. The zero-order chi connectivity index (χ0) is 22.3. The lowest BCUT2D eigenvalue weighted by atomic mass is 9.93. The number of methoxy groups -OCH3 is 1. The van der Waals surface area contributed by atoms with Gasteiger partial charge >= 0.3 is 6.36 Å². The van der Waals surface area contributed by atoms with Gasteiger partial charge in [0, 0.05) is 48.2 Å². The lowest BCUT2D eigenvalue weighted by molar-refractivity contribution is -0.345. The minimum absolute atomic E-state index is 0.0480.